The number of para-hydroxylation sites is 1. The highest BCUT2D eigenvalue weighted by Crippen LogP contribution is 2.19. The van der Waals surface area contributed by atoms with Crippen molar-refractivity contribution in [3.05, 3.63) is 82.2 Å². The van der Waals surface area contributed by atoms with E-state index in [1.165, 1.54) is 0 Å². The molecule has 0 aliphatic rings. The Bertz CT molecular complexity index is 1050. The number of nitrogens with zero attached hydrogens (tertiary/aromatic N) is 2. The molecule has 6 heteroatoms. The molecule has 0 spiro atoms. The van der Waals surface area contributed by atoms with Crippen LogP contribution in [0.5, 0.6) is 0 Å². The van der Waals surface area contributed by atoms with Crippen LogP contribution in [0.3, 0.4) is 0 Å². The average molecular weight is 334 g/mol. The molecule has 0 amide bonds. The highest BCUT2D eigenvalue weighted by molar-refractivity contribution is 5.80. The molecule has 0 atom stereocenters. The molecule has 3 heterocycles. The number of pyridine rings is 1. The van der Waals surface area contributed by atoms with E-state index < -0.39 is 0 Å². The van der Waals surface area contributed by atoms with E-state index in [1.54, 1.807) is 10.9 Å². The van der Waals surface area contributed by atoms with Gasteiger partial charge in [0, 0.05) is 17.5 Å². The van der Waals surface area contributed by atoms with Gasteiger partial charge >= 0.3 is 0 Å². The lowest BCUT2D eigenvalue weighted by Gasteiger charge is -2.05. The van der Waals surface area contributed by atoms with Crippen LogP contribution in [-0.2, 0) is 13.1 Å². The number of aryl methyl sites for hydroxylation is 1. The molecular weight excluding hydrogens is 316 g/mol. The van der Waals surface area contributed by atoms with Crippen LogP contribution < -0.4 is 10.9 Å². The van der Waals surface area contributed by atoms with Crippen molar-refractivity contribution in [2.45, 2.75) is 20.0 Å². The van der Waals surface area contributed by atoms with Gasteiger partial charge in [0.25, 0.3) is 5.56 Å². The van der Waals surface area contributed by atoms with Crippen molar-refractivity contribution in [1.82, 2.24) is 20.1 Å². The predicted octanol–water partition coefficient (Wildman–Crippen LogP) is 2.91. The number of hydrogen-bond donors (Lipinski definition) is 2. The van der Waals surface area contributed by atoms with Crippen LogP contribution >= 0.6 is 0 Å². The quantitative estimate of drug-likeness (QED) is 0.588. The molecule has 0 saturated carbocycles. The van der Waals surface area contributed by atoms with Crippen molar-refractivity contribution in [3.8, 4) is 5.69 Å². The first-order valence-corrected chi connectivity index (χ1v) is 8.12. The zero-order valence-corrected chi connectivity index (χ0v) is 13.8. The van der Waals surface area contributed by atoms with Crippen molar-refractivity contribution < 1.29 is 4.42 Å². The van der Waals surface area contributed by atoms with E-state index in [4.69, 9.17) is 4.42 Å². The maximum absolute atomic E-state index is 12.5. The van der Waals surface area contributed by atoms with Gasteiger partial charge < -0.3 is 14.7 Å². The van der Waals surface area contributed by atoms with E-state index >= 15 is 0 Å². The summed E-state index contributed by atoms with van der Waals surface area (Å²) in [5.41, 5.74) is 3.07. The smallest absolute Gasteiger partial charge is 0.254 e. The molecule has 126 valence electrons. The molecule has 1 aromatic carbocycles. The van der Waals surface area contributed by atoms with Crippen molar-refractivity contribution in [2.75, 3.05) is 0 Å². The van der Waals surface area contributed by atoms with Gasteiger partial charge in [-0.05, 0) is 37.3 Å². The van der Waals surface area contributed by atoms with Crippen LogP contribution in [0.15, 0.2) is 64.0 Å². The lowest BCUT2D eigenvalue weighted by Crippen LogP contribution is -2.21. The summed E-state index contributed by atoms with van der Waals surface area (Å²) in [5, 5.41) is 8.74. The first kappa shape index (κ1) is 15.4. The molecule has 0 unspecified atom stereocenters. The first-order valence-electron chi connectivity index (χ1n) is 8.12. The second-order valence-corrected chi connectivity index (χ2v) is 5.90. The Morgan fingerprint density at radius 1 is 1.16 bits per heavy atom. The molecule has 0 radical (unpaired) electrons. The number of aromatic nitrogens is 3. The fourth-order valence-electron chi connectivity index (χ4n) is 2.88. The molecule has 6 nitrogen and oxygen atoms in total. The van der Waals surface area contributed by atoms with Crippen LogP contribution in [-0.4, -0.2) is 14.8 Å². The number of nitrogens with one attached hydrogen (secondary N) is 2. The Morgan fingerprint density at radius 2 is 2.00 bits per heavy atom. The van der Waals surface area contributed by atoms with Gasteiger partial charge in [-0.3, -0.25) is 4.79 Å². The van der Waals surface area contributed by atoms with Gasteiger partial charge in [-0.15, -0.1) is 0 Å². The van der Waals surface area contributed by atoms with Crippen LogP contribution in [0.1, 0.15) is 17.0 Å². The molecular formula is C19H18N4O2. The summed E-state index contributed by atoms with van der Waals surface area (Å²) in [6.07, 6.45) is 1.64. The van der Waals surface area contributed by atoms with Crippen LogP contribution in [0, 0.1) is 6.92 Å². The fourth-order valence-corrected chi connectivity index (χ4v) is 2.88. The number of aromatic amines is 1. The van der Waals surface area contributed by atoms with Gasteiger partial charge in [-0.1, -0.05) is 18.2 Å². The van der Waals surface area contributed by atoms with Gasteiger partial charge in [0.2, 0.25) is 0 Å². The third-order valence-corrected chi connectivity index (χ3v) is 4.14. The predicted molar refractivity (Wildman–Crippen MR) is 95.7 cm³/mol. The van der Waals surface area contributed by atoms with E-state index in [9.17, 15) is 4.79 Å². The zero-order chi connectivity index (χ0) is 17.2. The number of furan rings is 1. The molecule has 0 fully saturated rings. The average Bonchev–Trinajstić information content (AvgIpc) is 3.25. The summed E-state index contributed by atoms with van der Waals surface area (Å²) < 4.78 is 7.05. The molecule has 0 saturated heterocycles. The molecule has 0 aliphatic carbocycles. The number of rotatable bonds is 5. The van der Waals surface area contributed by atoms with E-state index in [-0.39, 0.29) is 5.56 Å². The van der Waals surface area contributed by atoms with Gasteiger partial charge in [-0.2, -0.15) is 5.10 Å². The largest absolute Gasteiger partial charge is 0.468 e. The molecule has 25 heavy (non-hydrogen) atoms. The molecule has 2 N–H and O–H groups in total. The maximum atomic E-state index is 12.5. The SMILES string of the molecule is Cc1nn(-c2ccccc2)c2[nH]c(=O)c(CNCc3ccco3)cc12. The van der Waals surface area contributed by atoms with Crippen molar-refractivity contribution in [1.29, 1.82) is 0 Å². The zero-order valence-electron chi connectivity index (χ0n) is 13.8. The standard InChI is InChI=1S/C19H18N4O2/c1-13-17-10-14(11-20-12-16-8-5-9-25-16)19(24)21-18(17)23(22-13)15-6-3-2-4-7-15/h2-10,20H,11-12H2,1H3,(H,21,24). The van der Waals surface area contributed by atoms with Crippen LogP contribution in [0.25, 0.3) is 16.7 Å². The van der Waals surface area contributed by atoms with Crippen LogP contribution in [0.2, 0.25) is 0 Å². The molecule has 0 bridgehead atoms. The van der Waals surface area contributed by atoms with Crippen molar-refractivity contribution in [2.24, 2.45) is 0 Å². The summed E-state index contributed by atoms with van der Waals surface area (Å²) in [5.74, 6) is 0.839. The highest BCUT2D eigenvalue weighted by atomic mass is 16.3. The summed E-state index contributed by atoms with van der Waals surface area (Å²) in [7, 11) is 0. The second-order valence-electron chi connectivity index (χ2n) is 5.90. The fraction of sp³-hybridized carbons (Fsp3) is 0.158. The minimum Gasteiger partial charge on any atom is -0.468 e. The summed E-state index contributed by atoms with van der Waals surface area (Å²) in [4.78, 5) is 15.4. The minimum atomic E-state index is -0.114. The minimum absolute atomic E-state index is 0.114. The number of hydrogen-bond acceptors (Lipinski definition) is 4. The monoisotopic (exact) mass is 334 g/mol. The maximum Gasteiger partial charge on any atom is 0.254 e. The normalized spacial score (nSPS) is 11.2. The second kappa shape index (κ2) is 6.41. The van der Waals surface area contributed by atoms with E-state index in [2.05, 4.69) is 15.4 Å². The van der Waals surface area contributed by atoms with Gasteiger partial charge in [0.15, 0.2) is 0 Å². The lowest BCUT2D eigenvalue weighted by molar-refractivity contribution is 0.482. The Morgan fingerprint density at radius 3 is 2.76 bits per heavy atom. The van der Waals surface area contributed by atoms with Crippen molar-refractivity contribution >= 4 is 11.0 Å². The third kappa shape index (κ3) is 2.99. The van der Waals surface area contributed by atoms with Crippen LogP contribution in [0.4, 0.5) is 0 Å². The van der Waals surface area contributed by atoms with E-state index in [0.717, 1.165) is 22.5 Å². The summed E-state index contributed by atoms with van der Waals surface area (Å²) in [6, 6.07) is 15.4. The van der Waals surface area contributed by atoms with E-state index in [0.29, 0.717) is 24.3 Å². The highest BCUT2D eigenvalue weighted by Gasteiger charge is 2.12. The Hall–Kier alpha value is -3.12. The van der Waals surface area contributed by atoms with Gasteiger partial charge in [0.05, 0.1) is 24.2 Å². The van der Waals surface area contributed by atoms with E-state index in [1.807, 2.05) is 55.5 Å². The number of benzene rings is 1. The van der Waals surface area contributed by atoms with Crippen molar-refractivity contribution in [3.63, 3.8) is 0 Å². The molecule has 0 aliphatic heterocycles. The summed E-state index contributed by atoms with van der Waals surface area (Å²) in [6.45, 7) is 2.98. The molecule has 4 aromatic rings. The first-order chi connectivity index (χ1) is 12.2. The van der Waals surface area contributed by atoms with Gasteiger partial charge in [0.1, 0.15) is 11.4 Å². The Balaban J connectivity index is 1.66. The lowest BCUT2D eigenvalue weighted by atomic mass is 10.2. The Kier molecular flexibility index (Phi) is 3.95. The summed E-state index contributed by atoms with van der Waals surface area (Å²) >= 11 is 0. The number of H-pyrrole nitrogens is 1. The van der Waals surface area contributed by atoms with Gasteiger partial charge in [-0.25, -0.2) is 4.68 Å². The Labute approximate surface area is 144 Å². The molecule has 3 aromatic heterocycles. The number of fused-ring (bicyclic) bond motifs is 1. The topological polar surface area (TPSA) is 75.8 Å². The third-order valence-electron chi connectivity index (χ3n) is 4.14. The molecule has 4 rings (SSSR count).